The Labute approximate surface area is 82.9 Å². The molecule has 1 rings (SSSR count). The number of carbonyl (C=O) groups excluding carboxylic acids is 1. The van der Waals surface area contributed by atoms with Gasteiger partial charge in [0.2, 0.25) is 0 Å². The highest BCUT2D eigenvalue weighted by atomic mass is 32.2. The third kappa shape index (κ3) is 4.22. The van der Waals surface area contributed by atoms with Crippen molar-refractivity contribution in [3.05, 3.63) is 12.3 Å². The SMILES string of the molecule is COC(=O)C=CNC1CCCSC1. The second-order valence-electron chi connectivity index (χ2n) is 2.94. The molecule has 0 aromatic carbocycles. The molecule has 0 aromatic heterocycles. The van der Waals surface area contributed by atoms with Crippen molar-refractivity contribution in [2.24, 2.45) is 0 Å². The molecule has 1 atom stereocenters. The summed E-state index contributed by atoms with van der Waals surface area (Å²) in [7, 11) is 1.38. The number of ether oxygens (including phenoxy) is 1. The van der Waals surface area contributed by atoms with Gasteiger partial charge in [0.05, 0.1) is 7.11 Å². The topological polar surface area (TPSA) is 38.3 Å². The molecule has 4 heteroatoms. The van der Waals surface area contributed by atoms with E-state index in [1.807, 2.05) is 11.8 Å². The van der Waals surface area contributed by atoms with E-state index in [1.54, 1.807) is 6.20 Å². The monoisotopic (exact) mass is 201 g/mol. The van der Waals surface area contributed by atoms with Crippen LogP contribution in [0.25, 0.3) is 0 Å². The molecule has 13 heavy (non-hydrogen) atoms. The lowest BCUT2D eigenvalue weighted by Crippen LogP contribution is -2.29. The molecule has 0 radical (unpaired) electrons. The van der Waals surface area contributed by atoms with E-state index in [9.17, 15) is 4.79 Å². The number of carbonyl (C=O) groups is 1. The van der Waals surface area contributed by atoms with Crippen molar-refractivity contribution in [3.8, 4) is 0 Å². The van der Waals surface area contributed by atoms with E-state index in [2.05, 4.69) is 10.1 Å². The number of hydrogen-bond donors (Lipinski definition) is 1. The van der Waals surface area contributed by atoms with E-state index in [0.29, 0.717) is 6.04 Å². The Hall–Kier alpha value is -0.640. The van der Waals surface area contributed by atoms with Crippen molar-refractivity contribution < 1.29 is 9.53 Å². The van der Waals surface area contributed by atoms with Gasteiger partial charge in [-0.25, -0.2) is 4.79 Å². The molecule has 0 saturated carbocycles. The first-order chi connectivity index (χ1) is 6.33. The van der Waals surface area contributed by atoms with Gasteiger partial charge in [-0.15, -0.1) is 0 Å². The van der Waals surface area contributed by atoms with E-state index in [4.69, 9.17) is 0 Å². The zero-order valence-corrected chi connectivity index (χ0v) is 8.60. The Bertz CT molecular complexity index is 188. The van der Waals surface area contributed by atoms with E-state index in [-0.39, 0.29) is 5.97 Å². The summed E-state index contributed by atoms with van der Waals surface area (Å²) >= 11 is 1.96. The average molecular weight is 201 g/mol. The molecule has 1 heterocycles. The number of thioether (sulfide) groups is 1. The second-order valence-corrected chi connectivity index (χ2v) is 4.09. The fraction of sp³-hybridized carbons (Fsp3) is 0.667. The Morgan fingerprint density at radius 1 is 1.69 bits per heavy atom. The molecule has 1 aliphatic rings. The predicted octanol–water partition coefficient (Wildman–Crippen LogP) is 1.16. The molecular formula is C9H15NO2S. The zero-order chi connectivity index (χ0) is 9.52. The van der Waals surface area contributed by atoms with Crippen molar-refractivity contribution in [2.75, 3.05) is 18.6 Å². The highest BCUT2D eigenvalue weighted by molar-refractivity contribution is 7.99. The van der Waals surface area contributed by atoms with Gasteiger partial charge < -0.3 is 10.1 Å². The van der Waals surface area contributed by atoms with Crippen LogP contribution < -0.4 is 5.32 Å². The first kappa shape index (κ1) is 10.4. The smallest absolute Gasteiger partial charge is 0.331 e. The number of hydrogen-bond acceptors (Lipinski definition) is 4. The Balaban J connectivity index is 2.16. The summed E-state index contributed by atoms with van der Waals surface area (Å²) in [6, 6.07) is 0.514. The maximum Gasteiger partial charge on any atom is 0.331 e. The van der Waals surface area contributed by atoms with Gasteiger partial charge in [0.1, 0.15) is 0 Å². The van der Waals surface area contributed by atoms with Gasteiger partial charge in [-0.2, -0.15) is 11.8 Å². The van der Waals surface area contributed by atoms with Crippen LogP contribution in [0.5, 0.6) is 0 Å². The first-order valence-electron chi connectivity index (χ1n) is 4.41. The Morgan fingerprint density at radius 3 is 3.15 bits per heavy atom. The van der Waals surface area contributed by atoms with Crippen molar-refractivity contribution in [1.82, 2.24) is 5.32 Å². The highest BCUT2D eigenvalue weighted by Gasteiger charge is 2.10. The predicted molar refractivity (Wildman–Crippen MR) is 54.6 cm³/mol. The Kier molecular flexibility index (Phi) is 4.75. The number of rotatable bonds is 3. The van der Waals surface area contributed by atoms with Gasteiger partial charge >= 0.3 is 5.97 Å². The highest BCUT2D eigenvalue weighted by Crippen LogP contribution is 2.16. The van der Waals surface area contributed by atoms with Crippen molar-refractivity contribution >= 4 is 17.7 Å². The molecule has 1 aliphatic heterocycles. The van der Waals surface area contributed by atoms with Gasteiger partial charge in [-0.05, 0) is 18.6 Å². The molecule has 0 spiro atoms. The van der Waals surface area contributed by atoms with E-state index in [0.717, 1.165) is 5.75 Å². The van der Waals surface area contributed by atoms with E-state index < -0.39 is 0 Å². The van der Waals surface area contributed by atoms with Crippen LogP contribution in [0.1, 0.15) is 12.8 Å². The molecule has 1 N–H and O–H groups in total. The largest absolute Gasteiger partial charge is 0.466 e. The van der Waals surface area contributed by atoms with Crippen molar-refractivity contribution in [3.63, 3.8) is 0 Å². The summed E-state index contributed by atoms with van der Waals surface area (Å²) < 4.78 is 4.47. The van der Waals surface area contributed by atoms with Gasteiger partial charge in [0.25, 0.3) is 0 Å². The zero-order valence-electron chi connectivity index (χ0n) is 7.79. The molecule has 0 aliphatic carbocycles. The second kappa shape index (κ2) is 5.91. The fourth-order valence-electron chi connectivity index (χ4n) is 1.19. The molecule has 1 unspecified atom stereocenters. The van der Waals surface area contributed by atoms with Crippen LogP contribution in [0.15, 0.2) is 12.3 Å². The minimum atomic E-state index is -0.309. The van der Waals surface area contributed by atoms with Gasteiger partial charge in [0.15, 0.2) is 0 Å². The summed E-state index contributed by atoms with van der Waals surface area (Å²) in [6.07, 6.45) is 5.55. The van der Waals surface area contributed by atoms with E-state index >= 15 is 0 Å². The van der Waals surface area contributed by atoms with Crippen LogP contribution in [0.3, 0.4) is 0 Å². The van der Waals surface area contributed by atoms with Gasteiger partial charge in [-0.3, -0.25) is 0 Å². The number of esters is 1. The molecule has 1 fully saturated rings. The van der Waals surface area contributed by atoms with Crippen molar-refractivity contribution in [1.29, 1.82) is 0 Å². The van der Waals surface area contributed by atoms with Crippen LogP contribution >= 0.6 is 11.8 Å². The summed E-state index contributed by atoms with van der Waals surface area (Å²) in [5.74, 6) is 2.08. The van der Waals surface area contributed by atoms with Gasteiger partial charge in [-0.1, -0.05) is 0 Å². The maximum absolute atomic E-state index is 10.7. The average Bonchev–Trinajstić information content (AvgIpc) is 2.19. The third-order valence-electron chi connectivity index (χ3n) is 1.91. The van der Waals surface area contributed by atoms with Crippen LogP contribution in [0.4, 0.5) is 0 Å². The Morgan fingerprint density at radius 2 is 2.54 bits per heavy atom. The lowest BCUT2D eigenvalue weighted by atomic mass is 10.2. The number of nitrogens with one attached hydrogen (secondary N) is 1. The summed E-state index contributed by atoms with van der Waals surface area (Å²) in [5, 5.41) is 3.18. The number of methoxy groups -OCH3 is 1. The third-order valence-corrected chi connectivity index (χ3v) is 3.13. The quantitative estimate of drug-likeness (QED) is 0.549. The summed E-state index contributed by atoms with van der Waals surface area (Å²) in [6.45, 7) is 0. The molecular weight excluding hydrogens is 186 g/mol. The molecule has 0 amide bonds. The standard InChI is InChI=1S/C9H15NO2S/c1-12-9(11)4-5-10-8-3-2-6-13-7-8/h4-5,8,10H,2-3,6-7H2,1H3. The maximum atomic E-state index is 10.7. The van der Waals surface area contributed by atoms with E-state index in [1.165, 1.54) is 31.8 Å². The molecule has 74 valence electrons. The lowest BCUT2D eigenvalue weighted by Gasteiger charge is -2.21. The van der Waals surface area contributed by atoms with Crippen LogP contribution in [0, 0.1) is 0 Å². The minimum absolute atomic E-state index is 0.309. The lowest BCUT2D eigenvalue weighted by molar-refractivity contribution is -0.134. The first-order valence-corrected chi connectivity index (χ1v) is 5.56. The molecule has 1 saturated heterocycles. The summed E-state index contributed by atoms with van der Waals surface area (Å²) in [5.41, 5.74) is 0. The minimum Gasteiger partial charge on any atom is -0.466 e. The van der Waals surface area contributed by atoms with Crippen molar-refractivity contribution in [2.45, 2.75) is 18.9 Å². The molecule has 0 aromatic rings. The van der Waals surface area contributed by atoms with Crippen LogP contribution in [-0.2, 0) is 9.53 Å². The normalized spacial score (nSPS) is 23.0. The fourth-order valence-corrected chi connectivity index (χ4v) is 2.28. The van der Waals surface area contributed by atoms with Crippen LogP contribution in [-0.4, -0.2) is 30.6 Å². The summed E-state index contributed by atoms with van der Waals surface area (Å²) in [4.78, 5) is 10.7. The van der Waals surface area contributed by atoms with Gasteiger partial charge in [0, 0.05) is 24.1 Å². The molecule has 3 nitrogen and oxygen atoms in total. The van der Waals surface area contributed by atoms with Crippen LogP contribution in [0.2, 0.25) is 0 Å². The molecule has 0 bridgehead atoms.